The lowest BCUT2D eigenvalue weighted by molar-refractivity contribution is -0.134. The van der Waals surface area contributed by atoms with Crippen LogP contribution in [0.2, 0.25) is 5.02 Å². The van der Waals surface area contributed by atoms with Gasteiger partial charge < -0.3 is 15.4 Å². The van der Waals surface area contributed by atoms with Gasteiger partial charge in [-0.05, 0) is 29.8 Å². The number of hydrogen-bond donors (Lipinski definition) is 2. The van der Waals surface area contributed by atoms with Gasteiger partial charge in [0.1, 0.15) is 6.10 Å². The topological polar surface area (TPSA) is 63.2 Å². The van der Waals surface area contributed by atoms with Gasteiger partial charge >= 0.3 is 0 Å². The Kier molecular flexibility index (Phi) is 5.23. The zero-order chi connectivity index (χ0) is 16.1. The van der Waals surface area contributed by atoms with Crippen LogP contribution in [0, 0.1) is 0 Å². The van der Waals surface area contributed by atoms with Gasteiger partial charge in [-0.3, -0.25) is 9.78 Å². The van der Waals surface area contributed by atoms with Crippen LogP contribution in [0.5, 0.6) is 0 Å². The molecule has 2 aromatic rings. The van der Waals surface area contributed by atoms with Crippen molar-refractivity contribution in [2.45, 2.75) is 12.1 Å². The molecule has 0 spiro atoms. The molecule has 3 rings (SSSR count). The first-order valence-electron chi connectivity index (χ1n) is 7.53. The van der Waals surface area contributed by atoms with E-state index in [2.05, 4.69) is 15.6 Å². The van der Waals surface area contributed by atoms with Crippen molar-refractivity contribution in [1.29, 1.82) is 0 Å². The van der Waals surface area contributed by atoms with E-state index < -0.39 is 6.10 Å². The van der Waals surface area contributed by atoms with E-state index in [9.17, 15) is 4.79 Å². The first kappa shape index (κ1) is 15.9. The van der Waals surface area contributed by atoms with Crippen LogP contribution in [0.4, 0.5) is 0 Å². The number of pyridine rings is 1. The Morgan fingerprint density at radius 2 is 2.26 bits per heavy atom. The lowest BCUT2D eigenvalue weighted by Gasteiger charge is -2.26. The van der Waals surface area contributed by atoms with Gasteiger partial charge in [0, 0.05) is 24.3 Å². The van der Waals surface area contributed by atoms with E-state index in [1.807, 2.05) is 36.4 Å². The number of nitrogens with zero attached hydrogens (tertiary/aromatic N) is 1. The highest BCUT2D eigenvalue weighted by Crippen LogP contribution is 2.23. The molecule has 1 amide bonds. The van der Waals surface area contributed by atoms with E-state index in [0.29, 0.717) is 18.2 Å². The molecule has 6 heteroatoms. The molecule has 0 aliphatic carbocycles. The normalized spacial score (nSPS) is 19.1. The third-order valence-electron chi connectivity index (χ3n) is 3.67. The highest BCUT2D eigenvalue weighted by Gasteiger charge is 2.26. The van der Waals surface area contributed by atoms with Crippen LogP contribution in [0.3, 0.4) is 0 Å². The number of carbonyl (C=O) groups excluding carboxylic acids is 1. The molecule has 2 heterocycles. The average molecular weight is 332 g/mol. The van der Waals surface area contributed by atoms with Crippen molar-refractivity contribution in [3.63, 3.8) is 0 Å². The third kappa shape index (κ3) is 4.07. The molecule has 5 nitrogen and oxygen atoms in total. The number of halogens is 1. The molecule has 0 bridgehead atoms. The molecule has 1 aliphatic rings. The third-order valence-corrected chi connectivity index (χ3v) is 3.91. The quantitative estimate of drug-likeness (QED) is 0.898. The number of benzene rings is 1. The first-order valence-corrected chi connectivity index (χ1v) is 7.91. The van der Waals surface area contributed by atoms with Crippen molar-refractivity contribution in [2.75, 3.05) is 19.7 Å². The average Bonchev–Trinajstić information content (AvgIpc) is 2.61. The van der Waals surface area contributed by atoms with Crippen LogP contribution >= 0.6 is 11.6 Å². The number of morpholine rings is 1. The summed E-state index contributed by atoms with van der Waals surface area (Å²) in [5.74, 6) is -0.159. The second-order valence-electron chi connectivity index (χ2n) is 5.31. The summed E-state index contributed by atoms with van der Waals surface area (Å²) in [6.07, 6.45) is 1.21. The maximum atomic E-state index is 12.5. The standard InChI is InChI=1S/C17H18ClN3O2/c18-13-5-3-4-12(10-13)16(14-6-1-2-7-20-14)21-17(22)15-11-19-8-9-23-15/h1-7,10,15-16,19H,8-9,11H2,(H,21,22)/t15-,16?/m0/s1. The predicted octanol–water partition coefficient (Wildman–Crippen LogP) is 1.93. The lowest BCUT2D eigenvalue weighted by Crippen LogP contribution is -2.48. The number of nitrogens with one attached hydrogen (secondary N) is 2. The van der Waals surface area contributed by atoms with Gasteiger partial charge in [-0.15, -0.1) is 0 Å². The molecule has 1 aromatic carbocycles. The van der Waals surface area contributed by atoms with Crippen LogP contribution < -0.4 is 10.6 Å². The number of rotatable bonds is 4. The van der Waals surface area contributed by atoms with Gasteiger partial charge in [0.05, 0.1) is 18.3 Å². The SMILES string of the molecule is O=C(NC(c1cccc(Cl)c1)c1ccccn1)[C@@H]1CNCCO1. The molecule has 2 atom stereocenters. The van der Waals surface area contributed by atoms with Gasteiger partial charge in [-0.2, -0.15) is 0 Å². The number of carbonyl (C=O) groups is 1. The monoisotopic (exact) mass is 331 g/mol. The molecule has 1 aromatic heterocycles. The van der Waals surface area contributed by atoms with Crippen LogP contribution in [0.1, 0.15) is 17.3 Å². The van der Waals surface area contributed by atoms with Crippen molar-refractivity contribution in [3.05, 3.63) is 64.9 Å². The maximum absolute atomic E-state index is 12.5. The number of ether oxygens (including phenoxy) is 1. The van der Waals surface area contributed by atoms with E-state index in [1.165, 1.54) is 0 Å². The molecule has 1 unspecified atom stereocenters. The summed E-state index contributed by atoms with van der Waals surface area (Å²) >= 11 is 6.09. The van der Waals surface area contributed by atoms with E-state index >= 15 is 0 Å². The van der Waals surface area contributed by atoms with E-state index in [0.717, 1.165) is 17.8 Å². The Morgan fingerprint density at radius 3 is 2.96 bits per heavy atom. The molecule has 1 fully saturated rings. The second-order valence-corrected chi connectivity index (χ2v) is 5.75. The Bertz CT molecular complexity index is 660. The summed E-state index contributed by atoms with van der Waals surface area (Å²) in [5, 5.41) is 6.80. The fraction of sp³-hybridized carbons (Fsp3) is 0.294. The number of aromatic nitrogens is 1. The molecule has 0 radical (unpaired) electrons. The van der Waals surface area contributed by atoms with E-state index in [-0.39, 0.29) is 11.9 Å². The predicted molar refractivity (Wildman–Crippen MR) is 88.3 cm³/mol. The minimum atomic E-state index is -0.492. The van der Waals surface area contributed by atoms with Crippen LogP contribution in [-0.4, -0.2) is 36.7 Å². The Labute approximate surface area is 140 Å². The molecule has 1 aliphatic heterocycles. The summed E-state index contributed by atoms with van der Waals surface area (Å²) in [6.45, 7) is 1.81. The summed E-state index contributed by atoms with van der Waals surface area (Å²) in [6, 6.07) is 12.7. The zero-order valence-electron chi connectivity index (χ0n) is 12.5. The van der Waals surface area contributed by atoms with Crippen molar-refractivity contribution < 1.29 is 9.53 Å². The Morgan fingerprint density at radius 1 is 1.35 bits per heavy atom. The largest absolute Gasteiger partial charge is 0.366 e. The van der Waals surface area contributed by atoms with Gasteiger partial charge in [0.25, 0.3) is 5.91 Å². The fourth-order valence-electron chi connectivity index (χ4n) is 2.53. The summed E-state index contributed by atoms with van der Waals surface area (Å²) in [5.41, 5.74) is 1.64. The second kappa shape index (κ2) is 7.55. The fourth-order valence-corrected chi connectivity index (χ4v) is 2.73. The first-order chi connectivity index (χ1) is 11.2. The van der Waals surface area contributed by atoms with Crippen molar-refractivity contribution in [1.82, 2.24) is 15.6 Å². The van der Waals surface area contributed by atoms with E-state index in [4.69, 9.17) is 16.3 Å². The molecular weight excluding hydrogens is 314 g/mol. The molecular formula is C17H18ClN3O2. The highest BCUT2D eigenvalue weighted by atomic mass is 35.5. The summed E-state index contributed by atoms with van der Waals surface area (Å²) in [7, 11) is 0. The van der Waals surface area contributed by atoms with E-state index in [1.54, 1.807) is 12.3 Å². The molecule has 120 valence electrons. The maximum Gasteiger partial charge on any atom is 0.251 e. The van der Waals surface area contributed by atoms with Crippen molar-refractivity contribution in [2.24, 2.45) is 0 Å². The van der Waals surface area contributed by atoms with Gasteiger partial charge in [0.15, 0.2) is 0 Å². The van der Waals surface area contributed by atoms with Crippen molar-refractivity contribution >= 4 is 17.5 Å². The van der Waals surface area contributed by atoms with Crippen molar-refractivity contribution in [3.8, 4) is 0 Å². The van der Waals surface area contributed by atoms with Crippen LogP contribution in [0.15, 0.2) is 48.7 Å². The Balaban J connectivity index is 1.85. The van der Waals surface area contributed by atoms with Crippen LogP contribution in [0.25, 0.3) is 0 Å². The zero-order valence-corrected chi connectivity index (χ0v) is 13.3. The molecule has 2 N–H and O–H groups in total. The van der Waals surface area contributed by atoms with Crippen LogP contribution in [-0.2, 0) is 9.53 Å². The number of amides is 1. The van der Waals surface area contributed by atoms with Gasteiger partial charge in [-0.1, -0.05) is 29.8 Å². The Hall–Kier alpha value is -1.95. The minimum Gasteiger partial charge on any atom is -0.366 e. The number of hydrogen-bond acceptors (Lipinski definition) is 4. The molecule has 0 saturated carbocycles. The summed E-state index contributed by atoms with van der Waals surface area (Å²) in [4.78, 5) is 16.9. The van der Waals surface area contributed by atoms with Gasteiger partial charge in [0.2, 0.25) is 0 Å². The molecule has 23 heavy (non-hydrogen) atoms. The lowest BCUT2D eigenvalue weighted by atomic mass is 10.0. The minimum absolute atomic E-state index is 0.159. The smallest absolute Gasteiger partial charge is 0.251 e. The molecule has 1 saturated heterocycles. The highest BCUT2D eigenvalue weighted by molar-refractivity contribution is 6.30. The van der Waals surface area contributed by atoms with Gasteiger partial charge in [-0.25, -0.2) is 0 Å². The summed E-state index contributed by atoms with van der Waals surface area (Å²) < 4.78 is 5.52.